The van der Waals surface area contributed by atoms with Crippen LogP contribution in [0.25, 0.3) is 0 Å². The van der Waals surface area contributed by atoms with E-state index in [0.29, 0.717) is 32.7 Å². The molecule has 0 aromatic heterocycles. The number of carbonyl (C=O) groups is 1. The first-order chi connectivity index (χ1) is 6.79. The van der Waals surface area contributed by atoms with Crippen molar-refractivity contribution in [2.75, 3.05) is 26.3 Å². The predicted octanol–water partition coefficient (Wildman–Crippen LogP) is 0.363. The van der Waals surface area contributed by atoms with Gasteiger partial charge >= 0.3 is 0 Å². The first-order valence-electron chi connectivity index (χ1n) is 5.36. The summed E-state index contributed by atoms with van der Waals surface area (Å²) in [5.74, 6) is 0.227. The van der Waals surface area contributed by atoms with Crippen LogP contribution in [0.4, 0.5) is 0 Å². The van der Waals surface area contributed by atoms with Gasteiger partial charge < -0.3 is 15.4 Å². The number of nitrogens with two attached hydrogens (primary N) is 1. The highest BCUT2D eigenvalue weighted by Gasteiger charge is 2.25. The van der Waals surface area contributed by atoms with Crippen LogP contribution in [-0.4, -0.2) is 43.2 Å². The predicted molar refractivity (Wildman–Crippen MR) is 54.9 cm³/mol. The summed E-state index contributed by atoms with van der Waals surface area (Å²) in [6, 6.07) is 0.0908. The van der Waals surface area contributed by atoms with Gasteiger partial charge in [-0.05, 0) is 6.42 Å². The van der Waals surface area contributed by atoms with Crippen LogP contribution in [-0.2, 0) is 9.53 Å². The molecule has 1 saturated heterocycles. The smallest absolute Gasteiger partial charge is 0.223 e. The van der Waals surface area contributed by atoms with Gasteiger partial charge in [0.05, 0.1) is 19.3 Å². The van der Waals surface area contributed by atoms with Crippen LogP contribution >= 0.6 is 0 Å². The molecular weight excluding hydrogens is 180 g/mol. The minimum atomic E-state index is 0.0908. The molecule has 4 nitrogen and oxygen atoms in total. The lowest BCUT2D eigenvalue weighted by Gasteiger charge is -2.35. The van der Waals surface area contributed by atoms with Crippen molar-refractivity contribution in [3.05, 3.63) is 0 Å². The van der Waals surface area contributed by atoms with E-state index >= 15 is 0 Å². The van der Waals surface area contributed by atoms with Crippen molar-refractivity contribution >= 4 is 5.91 Å². The number of unbranched alkanes of at least 4 members (excludes halogenated alkanes) is 1. The first-order valence-corrected chi connectivity index (χ1v) is 5.36. The fourth-order valence-electron chi connectivity index (χ4n) is 1.65. The van der Waals surface area contributed by atoms with Crippen molar-refractivity contribution in [3.8, 4) is 0 Å². The maximum Gasteiger partial charge on any atom is 0.223 e. The van der Waals surface area contributed by atoms with Crippen LogP contribution in [0.3, 0.4) is 0 Å². The summed E-state index contributed by atoms with van der Waals surface area (Å²) in [5, 5.41) is 0. The van der Waals surface area contributed by atoms with E-state index in [9.17, 15) is 4.79 Å². The molecule has 0 radical (unpaired) electrons. The average Bonchev–Trinajstić information content (AvgIpc) is 2.25. The molecule has 1 unspecified atom stereocenters. The molecule has 1 rings (SSSR count). The van der Waals surface area contributed by atoms with Crippen molar-refractivity contribution in [2.45, 2.75) is 32.2 Å². The summed E-state index contributed by atoms with van der Waals surface area (Å²) in [6.07, 6.45) is 2.67. The first kappa shape index (κ1) is 11.5. The van der Waals surface area contributed by atoms with Gasteiger partial charge in [0, 0.05) is 19.5 Å². The standard InChI is InChI=1S/C10H20N2O2/c1-2-3-4-10(13)12-5-6-14-8-9(12)7-11/h9H,2-8,11H2,1H3. The summed E-state index contributed by atoms with van der Waals surface area (Å²) in [5.41, 5.74) is 5.59. The van der Waals surface area contributed by atoms with Crippen LogP contribution in [0, 0.1) is 0 Å². The molecule has 1 amide bonds. The third kappa shape index (κ3) is 2.96. The van der Waals surface area contributed by atoms with E-state index in [1.807, 2.05) is 4.90 Å². The molecule has 0 aromatic carbocycles. The second kappa shape index (κ2) is 5.98. The Morgan fingerprint density at radius 2 is 2.43 bits per heavy atom. The van der Waals surface area contributed by atoms with E-state index in [0.717, 1.165) is 12.8 Å². The van der Waals surface area contributed by atoms with Gasteiger partial charge in [-0.2, -0.15) is 0 Å². The van der Waals surface area contributed by atoms with Crippen LogP contribution in [0.15, 0.2) is 0 Å². The molecule has 0 saturated carbocycles. The number of ether oxygens (including phenoxy) is 1. The zero-order valence-corrected chi connectivity index (χ0v) is 8.87. The van der Waals surface area contributed by atoms with Crippen molar-refractivity contribution < 1.29 is 9.53 Å². The quantitative estimate of drug-likeness (QED) is 0.713. The second-order valence-electron chi connectivity index (χ2n) is 3.66. The number of morpholine rings is 1. The van der Waals surface area contributed by atoms with Crippen LogP contribution < -0.4 is 5.73 Å². The summed E-state index contributed by atoms with van der Waals surface area (Å²) in [4.78, 5) is 13.6. The van der Waals surface area contributed by atoms with Gasteiger partial charge in [0.25, 0.3) is 0 Å². The van der Waals surface area contributed by atoms with Crippen LogP contribution in [0.5, 0.6) is 0 Å². The Kier molecular flexibility index (Phi) is 4.90. The Morgan fingerprint density at radius 3 is 3.07 bits per heavy atom. The van der Waals surface area contributed by atoms with Gasteiger partial charge in [-0.25, -0.2) is 0 Å². The molecule has 0 aliphatic carbocycles. The third-order valence-corrected chi connectivity index (χ3v) is 2.56. The number of hydrogen-bond acceptors (Lipinski definition) is 3. The number of amides is 1. The van der Waals surface area contributed by atoms with E-state index in [4.69, 9.17) is 10.5 Å². The highest BCUT2D eigenvalue weighted by Crippen LogP contribution is 2.09. The number of rotatable bonds is 4. The summed E-state index contributed by atoms with van der Waals surface area (Å²) >= 11 is 0. The highest BCUT2D eigenvalue weighted by molar-refractivity contribution is 5.76. The van der Waals surface area contributed by atoms with Gasteiger partial charge in [0.15, 0.2) is 0 Å². The zero-order chi connectivity index (χ0) is 10.4. The second-order valence-corrected chi connectivity index (χ2v) is 3.66. The highest BCUT2D eigenvalue weighted by atomic mass is 16.5. The molecule has 4 heteroatoms. The summed E-state index contributed by atoms with van der Waals surface area (Å²) in [6.45, 7) is 4.53. The topological polar surface area (TPSA) is 55.6 Å². The Bertz CT molecular complexity index is 185. The molecule has 1 atom stereocenters. The Balaban J connectivity index is 2.41. The van der Waals surface area contributed by atoms with Crippen molar-refractivity contribution in [2.24, 2.45) is 5.73 Å². The van der Waals surface area contributed by atoms with Crippen molar-refractivity contribution in [3.63, 3.8) is 0 Å². The SMILES string of the molecule is CCCCC(=O)N1CCOCC1CN. The largest absolute Gasteiger partial charge is 0.377 e. The lowest BCUT2D eigenvalue weighted by molar-refractivity contribution is -0.139. The van der Waals surface area contributed by atoms with E-state index in [1.54, 1.807) is 0 Å². The molecular formula is C10H20N2O2. The lowest BCUT2D eigenvalue weighted by Crippen LogP contribution is -2.51. The summed E-state index contributed by atoms with van der Waals surface area (Å²) < 4.78 is 5.28. The molecule has 14 heavy (non-hydrogen) atoms. The molecule has 1 fully saturated rings. The van der Waals surface area contributed by atoms with E-state index in [1.165, 1.54) is 0 Å². The molecule has 1 aliphatic rings. The van der Waals surface area contributed by atoms with Gasteiger partial charge in [0.2, 0.25) is 5.91 Å². The van der Waals surface area contributed by atoms with Crippen LogP contribution in [0.2, 0.25) is 0 Å². The molecule has 0 bridgehead atoms. The fourth-order valence-corrected chi connectivity index (χ4v) is 1.65. The zero-order valence-electron chi connectivity index (χ0n) is 8.87. The summed E-state index contributed by atoms with van der Waals surface area (Å²) in [7, 11) is 0. The monoisotopic (exact) mass is 200 g/mol. The molecule has 2 N–H and O–H groups in total. The van der Waals surface area contributed by atoms with Gasteiger partial charge in [-0.15, -0.1) is 0 Å². The van der Waals surface area contributed by atoms with E-state index < -0.39 is 0 Å². The van der Waals surface area contributed by atoms with Crippen molar-refractivity contribution in [1.29, 1.82) is 0 Å². The Morgan fingerprint density at radius 1 is 1.64 bits per heavy atom. The van der Waals surface area contributed by atoms with E-state index in [-0.39, 0.29) is 11.9 Å². The molecule has 1 heterocycles. The number of hydrogen-bond donors (Lipinski definition) is 1. The average molecular weight is 200 g/mol. The number of nitrogens with zero attached hydrogens (tertiary/aromatic N) is 1. The molecule has 82 valence electrons. The van der Waals surface area contributed by atoms with Gasteiger partial charge in [0.1, 0.15) is 0 Å². The molecule has 0 spiro atoms. The Hall–Kier alpha value is -0.610. The minimum Gasteiger partial charge on any atom is -0.377 e. The third-order valence-electron chi connectivity index (χ3n) is 2.56. The normalized spacial score (nSPS) is 22.4. The van der Waals surface area contributed by atoms with Crippen LogP contribution in [0.1, 0.15) is 26.2 Å². The fraction of sp³-hybridized carbons (Fsp3) is 0.900. The lowest BCUT2D eigenvalue weighted by atomic mass is 10.1. The van der Waals surface area contributed by atoms with Gasteiger partial charge in [-0.1, -0.05) is 13.3 Å². The Labute approximate surface area is 85.4 Å². The number of carbonyl (C=O) groups excluding carboxylic acids is 1. The van der Waals surface area contributed by atoms with E-state index in [2.05, 4.69) is 6.92 Å². The minimum absolute atomic E-state index is 0.0908. The van der Waals surface area contributed by atoms with Crippen molar-refractivity contribution in [1.82, 2.24) is 4.90 Å². The maximum atomic E-state index is 11.7. The molecule has 1 aliphatic heterocycles. The maximum absolute atomic E-state index is 11.7. The van der Waals surface area contributed by atoms with Gasteiger partial charge in [-0.3, -0.25) is 4.79 Å². The molecule has 0 aromatic rings.